The van der Waals surface area contributed by atoms with E-state index in [0.29, 0.717) is 23.6 Å². The number of ether oxygens (including phenoxy) is 1. The Morgan fingerprint density at radius 3 is 2.70 bits per heavy atom. The molecule has 0 aromatic carbocycles. The van der Waals surface area contributed by atoms with Gasteiger partial charge in [-0.25, -0.2) is 0 Å². The fourth-order valence-corrected chi connectivity index (χ4v) is 2.32. The minimum atomic E-state index is -0.335. The third-order valence-electron chi connectivity index (χ3n) is 3.19. The quantitative estimate of drug-likeness (QED) is 0.745. The molecule has 20 heavy (non-hydrogen) atoms. The average Bonchev–Trinajstić information content (AvgIpc) is 3.16. The lowest BCUT2D eigenvalue weighted by molar-refractivity contribution is -0.147. The van der Waals surface area contributed by atoms with Crippen LogP contribution < -0.4 is 0 Å². The number of furan rings is 1. The molecule has 1 aromatic rings. The summed E-state index contributed by atoms with van der Waals surface area (Å²) < 4.78 is 10.8. The number of nitrogens with zero attached hydrogens (tertiary/aromatic N) is 1. The van der Waals surface area contributed by atoms with Crippen molar-refractivity contribution in [3.05, 3.63) is 22.6 Å². The Kier molecular flexibility index (Phi) is 4.86. The van der Waals surface area contributed by atoms with Crippen LogP contribution in [0.3, 0.4) is 0 Å². The minimum absolute atomic E-state index is 0.172. The number of hydrogen-bond donors (Lipinski definition) is 0. The first-order valence-electron chi connectivity index (χ1n) is 6.75. The molecule has 110 valence electrons. The molecule has 5 nitrogen and oxygen atoms in total. The molecule has 0 bridgehead atoms. The van der Waals surface area contributed by atoms with Gasteiger partial charge in [-0.2, -0.15) is 0 Å². The summed E-state index contributed by atoms with van der Waals surface area (Å²) >= 11 is 3.19. The van der Waals surface area contributed by atoms with Crippen molar-refractivity contribution in [2.45, 2.75) is 32.7 Å². The highest BCUT2D eigenvalue weighted by Crippen LogP contribution is 2.30. The molecule has 1 heterocycles. The van der Waals surface area contributed by atoms with Crippen LogP contribution in [-0.4, -0.2) is 36.0 Å². The van der Waals surface area contributed by atoms with E-state index in [-0.39, 0.29) is 23.8 Å². The standard InChI is InChI=1S/C14H18BrNO4/c1-3-19-14(18)9(2)8-16(10-4-5-10)13(17)11-6-7-12(15)20-11/h6-7,9-10H,3-5,8H2,1-2H3. The maximum absolute atomic E-state index is 12.4. The number of carbonyl (C=O) groups excluding carboxylic acids is 2. The molecule has 0 N–H and O–H groups in total. The molecule has 1 saturated carbocycles. The smallest absolute Gasteiger partial charge is 0.310 e. The first kappa shape index (κ1) is 15.1. The van der Waals surface area contributed by atoms with Crippen molar-refractivity contribution in [1.82, 2.24) is 4.90 Å². The van der Waals surface area contributed by atoms with Gasteiger partial charge in [-0.1, -0.05) is 6.92 Å². The van der Waals surface area contributed by atoms with Crippen LogP contribution >= 0.6 is 15.9 Å². The van der Waals surface area contributed by atoms with Gasteiger partial charge in [0.15, 0.2) is 10.4 Å². The van der Waals surface area contributed by atoms with Gasteiger partial charge in [0.1, 0.15) is 0 Å². The highest BCUT2D eigenvalue weighted by Gasteiger charge is 2.36. The van der Waals surface area contributed by atoms with Crippen molar-refractivity contribution in [3.8, 4) is 0 Å². The van der Waals surface area contributed by atoms with E-state index >= 15 is 0 Å². The van der Waals surface area contributed by atoms with Crippen molar-refractivity contribution in [3.63, 3.8) is 0 Å². The Morgan fingerprint density at radius 2 is 2.20 bits per heavy atom. The molecule has 0 radical (unpaired) electrons. The zero-order valence-corrected chi connectivity index (χ0v) is 13.2. The first-order valence-corrected chi connectivity index (χ1v) is 7.55. The molecule has 1 aliphatic rings. The van der Waals surface area contributed by atoms with Gasteiger partial charge < -0.3 is 14.1 Å². The lowest BCUT2D eigenvalue weighted by Crippen LogP contribution is -2.38. The molecule has 1 unspecified atom stereocenters. The molecule has 1 fully saturated rings. The summed E-state index contributed by atoms with van der Waals surface area (Å²) in [6.45, 7) is 4.26. The van der Waals surface area contributed by atoms with E-state index in [4.69, 9.17) is 9.15 Å². The van der Waals surface area contributed by atoms with E-state index in [0.717, 1.165) is 12.8 Å². The van der Waals surface area contributed by atoms with Gasteiger partial charge in [0.25, 0.3) is 5.91 Å². The zero-order chi connectivity index (χ0) is 14.7. The molecule has 0 saturated heterocycles. The van der Waals surface area contributed by atoms with Gasteiger partial charge in [-0.05, 0) is 47.8 Å². The molecular weight excluding hydrogens is 326 g/mol. The molecule has 0 aliphatic heterocycles. The number of amides is 1. The second-order valence-electron chi connectivity index (χ2n) is 4.95. The van der Waals surface area contributed by atoms with E-state index in [2.05, 4.69) is 15.9 Å². The van der Waals surface area contributed by atoms with E-state index in [1.165, 1.54) is 0 Å². The summed E-state index contributed by atoms with van der Waals surface area (Å²) in [6.07, 6.45) is 1.95. The van der Waals surface area contributed by atoms with Crippen LogP contribution in [0, 0.1) is 5.92 Å². The van der Waals surface area contributed by atoms with Crippen LogP contribution in [-0.2, 0) is 9.53 Å². The first-order chi connectivity index (χ1) is 9.52. The second kappa shape index (κ2) is 6.43. The molecule has 1 atom stereocenters. The van der Waals surface area contributed by atoms with Crippen molar-refractivity contribution in [2.24, 2.45) is 5.92 Å². The van der Waals surface area contributed by atoms with Gasteiger partial charge >= 0.3 is 5.97 Å². The number of halogens is 1. The fourth-order valence-electron chi connectivity index (χ4n) is 2.01. The topological polar surface area (TPSA) is 59.8 Å². The number of rotatable bonds is 6. The van der Waals surface area contributed by atoms with Gasteiger partial charge in [0.05, 0.1) is 12.5 Å². The predicted molar refractivity (Wildman–Crippen MR) is 76.3 cm³/mol. The Labute approximate surface area is 126 Å². The summed E-state index contributed by atoms with van der Waals surface area (Å²) in [6, 6.07) is 3.53. The lowest BCUT2D eigenvalue weighted by Gasteiger charge is -2.24. The number of carbonyl (C=O) groups is 2. The largest absolute Gasteiger partial charge is 0.466 e. The van der Waals surface area contributed by atoms with Crippen LogP contribution in [0.15, 0.2) is 21.2 Å². The van der Waals surface area contributed by atoms with E-state index in [9.17, 15) is 9.59 Å². The third-order valence-corrected chi connectivity index (χ3v) is 3.62. The third kappa shape index (κ3) is 3.62. The highest BCUT2D eigenvalue weighted by atomic mass is 79.9. The van der Waals surface area contributed by atoms with Gasteiger partial charge in [-0.3, -0.25) is 9.59 Å². The predicted octanol–water partition coefficient (Wildman–Crippen LogP) is 2.85. The van der Waals surface area contributed by atoms with Crippen molar-refractivity contribution < 1.29 is 18.7 Å². The molecular formula is C14H18BrNO4. The highest BCUT2D eigenvalue weighted by molar-refractivity contribution is 9.10. The van der Waals surface area contributed by atoms with Gasteiger partial charge in [0, 0.05) is 12.6 Å². The summed E-state index contributed by atoms with van der Waals surface area (Å²) in [5, 5.41) is 0. The number of esters is 1. The van der Waals surface area contributed by atoms with E-state index in [1.807, 2.05) is 0 Å². The summed E-state index contributed by atoms with van der Waals surface area (Å²) in [4.78, 5) is 25.8. The molecule has 1 aliphatic carbocycles. The second-order valence-corrected chi connectivity index (χ2v) is 5.73. The zero-order valence-electron chi connectivity index (χ0n) is 11.6. The Hall–Kier alpha value is -1.30. The molecule has 2 rings (SSSR count). The monoisotopic (exact) mass is 343 g/mol. The Balaban J connectivity index is 2.04. The van der Waals surface area contributed by atoms with Gasteiger partial charge in [0.2, 0.25) is 0 Å². The van der Waals surface area contributed by atoms with E-state index in [1.54, 1.807) is 30.9 Å². The molecule has 0 spiro atoms. The lowest BCUT2D eigenvalue weighted by atomic mass is 10.1. The summed E-state index contributed by atoms with van der Waals surface area (Å²) in [5.74, 6) is -0.487. The summed E-state index contributed by atoms with van der Waals surface area (Å²) in [5.41, 5.74) is 0. The summed E-state index contributed by atoms with van der Waals surface area (Å²) in [7, 11) is 0. The van der Waals surface area contributed by atoms with Crippen molar-refractivity contribution in [1.29, 1.82) is 0 Å². The number of hydrogen-bond acceptors (Lipinski definition) is 4. The molecule has 1 aromatic heterocycles. The molecule has 6 heteroatoms. The van der Waals surface area contributed by atoms with Crippen LogP contribution in [0.25, 0.3) is 0 Å². The minimum Gasteiger partial charge on any atom is -0.466 e. The van der Waals surface area contributed by atoms with Crippen molar-refractivity contribution in [2.75, 3.05) is 13.2 Å². The maximum Gasteiger partial charge on any atom is 0.310 e. The van der Waals surface area contributed by atoms with Crippen LogP contribution in [0.1, 0.15) is 37.2 Å². The fraction of sp³-hybridized carbons (Fsp3) is 0.571. The van der Waals surface area contributed by atoms with Crippen molar-refractivity contribution >= 4 is 27.8 Å². The Morgan fingerprint density at radius 1 is 1.50 bits per heavy atom. The molecule has 1 amide bonds. The van der Waals surface area contributed by atoms with Gasteiger partial charge in [-0.15, -0.1) is 0 Å². The average molecular weight is 344 g/mol. The normalized spacial score (nSPS) is 15.8. The van der Waals surface area contributed by atoms with Crippen LogP contribution in [0.2, 0.25) is 0 Å². The van der Waals surface area contributed by atoms with E-state index < -0.39 is 0 Å². The Bertz CT molecular complexity index is 495. The van der Waals surface area contributed by atoms with Crippen LogP contribution in [0.4, 0.5) is 0 Å². The van der Waals surface area contributed by atoms with Crippen LogP contribution in [0.5, 0.6) is 0 Å². The maximum atomic E-state index is 12.4. The SMILES string of the molecule is CCOC(=O)C(C)CN(C(=O)c1ccc(Br)o1)C1CC1.